The summed E-state index contributed by atoms with van der Waals surface area (Å²) >= 11 is 0. The monoisotopic (exact) mass is 465 g/mol. The van der Waals surface area contributed by atoms with Gasteiger partial charge in [0.15, 0.2) is 11.6 Å². The van der Waals surface area contributed by atoms with Crippen LogP contribution in [0.1, 0.15) is 31.2 Å². The highest BCUT2D eigenvalue weighted by atomic mass is 16.5. The van der Waals surface area contributed by atoms with Gasteiger partial charge in [-0.05, 0) is 31.8 Å². The molecular formula is C25H23NO8. The summed E-state index contributed by atoms with van der Waals surface area (Å²) in [6, 6.07) is 2.96. The van der Waals surface area contributed by atoms with Gasteiger partial charge < -0.3 is 14.6 Å². The third-order valence-corrected chi connectivity index (χ3v) is 7.38. The molecule has 4 atom stereocenters. The number of hydroxylamine groups is 2. The number of Topliss-reactive ketones (excluding diaryl/α,β-unsaturated/α-hetero) is 1. The number of hydrogen-bond acceptors (Lipinski definition) is 8. The van der Waals surface area contributed by atoms with Crippen molar-refractivity contribution in [1.29, 1.82) is 0 Å². The number of imide groups is 1. The largest absolute Gasteiger partial charge is 0.507 e. The lowest BCUT2D eigenvalue weighted by Gasteiger charge is -2.42. The zero-order chi connectivity index (χ0) is 24.5. The van der Waals surface area contributed by atoms with E-state index in [0.717, 1.165) is 0 Å². The van der Waals surface area contributed by atoms with E-state index < -0.39 is 35.5 Å². The molecular weight excluding hydrogens is 442 g/mol. The number of phenols is 1. The second-order valence-corrected chi connectivity index (χ2v) is 8.98. The molecule has 34 heavy (non-hydrogen) atoms. The number of aromatic hydroxyl groups is 1. The van der Waals surface area contributed by atoms with E-state index in [-0.39, 0.29) is 63.3 Å². The van der Waals surface area contributed by atoms with Crippen molar-refractivity contribution in [1.82, 2.24) is 5.06 Å². The summed E-state index contributed by atoms with van der Waals surface area (Å²) in [6.45, 7) is 1.55. The number of hydrogen-bond donors (Lipinski definition) is 2. The molecule has 0 radical (unpaired) electrons. The lowest BCUT2D eigenvalue weighted by atomic mass is 9.59. The lowest BCUT2D eigenvalue weighted by Crippen LogP contribution is -2.39. The molecule has 1 aliphatic heterocycles. The number of carbonyl (C=O) groups excluding carboxylic acids is 4. The van der Waals surface area contributed by atoms with Crippen LogP contribution in [-0.4, -0.2) is 53.0 Å². The van der Waals surface area contributed by atoms with Crippen molar-refractivity contribution in [3.63, 3.8) is 0 Å². The second kappa shape index (κ2) is 7.66. The van der Waals surface area contributed by atoms with E-state index in [9.17, 15) is 29.5 Å². The molecule has 0 unspecified atom stereocenters. The van der Waals surface area contributed by atoms with E-state index in [0.29, 0.717) is 11.3 Å². The van der Waals surface area contributed by atoms with Crippen molar-refractivity contribution in [2.24, 2.45) is 17.8 Å². The summed E-state index contributed by atoms with van der Waals surface area (Å²) in [5.74, 6) is -4.75. The molecule has 0 bridgehead atoms. The molecule has 1 heterocycles. The summed E-state index contributed by atoms with van der Waals surface area (Å²) in [6.07, 6.45) is 3.35. The second-order valence-electron chi connectivity index (χ2n) is 8.98. The Kier molecular flexibility index (Phi) is 4.98. The number of phenolic OH excluding ortho intramolecular Hbond substituents is 1. The number of fused-ring (bicyclic) bond motifs is 3. The minimum Gasteiger partial charge on any atom is -0.507 e. The number of ketones is 2. The van der Waals surface area contributed by atoms with E-state index in [1.54, 1.807) is 19.1 Å². The summed E-state index contributed by atoms with van der Waals surface area (Å²) in [7, 11) is 2.86. The van der Waals surface area contributed by atoms with Crippen molar-refractivity contribution >= 4 is 23.4 Å². The van der Waals surface area contributed by atoms with Gasteiger partial charge in [-0.3, -0.25) is 24.4 Å². The van der Waals surface area contributed by atoms with Gasteiger partial charge in [0.2, 0.25) is 0 Å². The minimum absolute atomic E-state index is 0.0840. The molecule has 1 aromatic carbocycles. The van der Waals surface area contributed by atoms with Crippen LogP contribution in [0.3, 0.4) is 0 Å². The van der Waals surface area contributed by atoms with Crippen LogP contribution < -0.4 is 9.47 Å². The fourth-order valence-electron chi connectivity index (χ4n) is 5.86. The van der Waals surface area contributed by atoms with E-state index in [4.69, 9.17) is 9.47 Å². The average molecular weight is 465 g/mol. The number of rotatable bonds is 3. The van der Waals surface area contributed by atoms with E-state index in [2.05, 4.69) is 0 Å². The molecule has 0 aromatic heterocycles. The van der Waals surface area contributed by atoms with Crippen molar-refractivity contribution in [3.05, 3.63) is 52.1 Å². The summed E-state index contributed by atoms with van der Waals surface area (Å²) in [5.41, 5.74) is 1.69. The van der Waals surface area contributed by atoms with Crippen molar-refractivity contribution < 1.29 is 39.0 Å². The maximum Gasteiger partial charge on any atom is 0.257 e. The Balaban J connectivity index is 1.77. The molecule has 4 aliphatic rings. The lowest BCUT2D eigenvalue weighted by molar-refractivity contribution is -0.173. The molecule has 0 saturated carbocycles. The van der Waals surface area contributed by atoms with E-state index in [1.165, 1.54) is 26.4 Å². The van der Waals surface area contributed by atoms with Gasteiger partial charge in [-0.15, -0.1) is 0 Å². The smallest absolute Gasteiger partial charge is 0.257 e. The molecule has 1 saturated heterocycles. The Hall–Kier alpha value is -3.72. The first-order chi connectivity index (χ1) is 16.2. The Labute approximate surface area is 194 Å². The number of methoxy groups -OCH3 is 2. The number of benzene rings is 1. The van der Waals surface area contributed by atoms with Gasteiger partial charge in [-0.1, -0.05) is 11.6 Å². The van der Waals surface area contributed by atoms with E-state index in [1.807, 2.05) is 0 Å². The molecule has 9 nitrogen and oxygen atoms in total. The molecule has 3 aliphatic carbocycles. The van der Waals surface area contributed by atoms with Gasteiger partial charge in [-0.25, -0.2) is 0 Å². The zero-order valence-corrected chi connectivity index (χ0v) is 18.8. The molecule has 2 amide bonds. The number of ether oxygens (including phenoxy) is 2. The third kappa shape index (κ3) is 2.89. The van der Waals surface area contributed by atoms with Gasteiger partial charge in [0, 0.05) is 40.3 Å². The average Bonchev–Trinajstić information content (AvgIpc) is 3.05. The van der Waals surface area contributed by atoms with Crippen LogP contribution >= 0.6 is 0 Å². The highest BCUT2D eigenvalue weighted by Crippen LogP contribution is 2.57. The summed E-state index contributed by atoms with van der Waals surface area (Å²) < 4.78 is 10.8. The van der Waals surface area contributed by atoms with Crippen molar-refractivity contribution in [2.45, 2.75) is 25.7 Å². The zero-order valence-electron chi connectivity index (χ0n) is 18.8. The first-order valence-corrected chi connectivity index (χ1v) is 10.9. The number of amides is 2. The molecule has 2 N–H and O–H groups in total. The van der Waals surface area contributed by atoms with Crippen LogP contribution in [0.4, 0.5) is 0 Å². The van der Waals surface area contributed by atoms with E-state index >= 15 is 0 Å². The number of nitrogens with zero attached hydrogens (tertiary/aromatic N) is 1. The third-order valence-electron chi connectivity index (χ3n) is 7.38. The van der Waals surface area contributed by atoms with Crippen LogP contribution in [0.2, 0.25) is 0 Å². The molecule has 9 heteroatoms. The van der Waals surface area contributed by atoms with Crippen LogP contribution in [0.25, 0.3) is 0 Å². The van der Waals surface area contributed by atoms with Crippen LogP contribution in [0.5, 0.6) is 17.2 Å². The summed E-state index contributed by atoms with van der Waals surface area (Å²) in [4.78, 5) is 51.7. The summed E-state index contributed by atoms with van der Waals surface area (Å²) in [5, 5.41) is 21.2. The Bertz CT molecular complexity index is 1270. The topological polar surface area (TPSA) is 130 Å². The highest BCUT2D eigenvalue weighted by Gasteiger charge is 2.56. The molecule has 1 aromatic rings. The SMILES string of the molecule is COc1cc(O)c([C@H]2C3=CC[C@@H]4C(=O)N(O)C(=O)[C@@H]4[C@@H]3CC3=C2C(=O)C=C(C)C3=O)c(OC)c1. The van der Waals surface area contributed by atoms with Gasteiger partial charge in [0.1, 0.15) is 17.2 Å². The van der Waals surface area contributed by atoms with Crippen molar-refractivity contribution in [3.8, 4) is 17.2 Å². The van der Waals surface area contributed by atoms with Crippen molar-refractivity contribution in [2.75, 3.05) is 14.2 Å². The van der Waals surface area contributed by atoms with Crippen LogP contribution in [0, 0.1) is 17.8 Å². The van der Waals surface area contributed by atoms with Gasteiger partial charge >= 0.3 is 0 Å². The minimum atomic E-state index is -0.869. The molecule has 0 spiro atoms. The predicted octanol–water partition coefficient (Wildman–Crippen LogP) is 2.23. The fraction of sp³-hybridized carbons (Fsp3) is 0.360. The highest BCUT2D eigenvalue weighted by molar-refractivity contribution is 6.23. The quantitative estimate of drug-likeness (QED) is 0.301. The first-order valence-electron chi connectivity index (χ1n) is 10.9. The molecule has 176 valence electrons. The van der Waals surface area contributed by atoms with Gasteiger partial charge in [0.05, 0.1) is 26.1 Å². The number of carbonyl (C=O) groups is 4. The van der Waals surface area contributed by atoms with Crippen LogP contribution in [0.15, 0.2) is 46.6 Å². The number of allylic oxidation sites excluding steroid dienone is 6. The standard InChI is InChI=1S/C25H23NO8/c1-10-6-16(27)20-15(23(10)29)9-14-12(4-5-13-19(14)25(31)26(32)24(13)30)21(20)22-17(28)7-11(33-2)8-18(22)34-3/h4,6-8,13-14,19,21,28,32H,5,9H2,1-3H3/t13-,14+,19-,21-/m0/s1. The fourth-order valence-corrected chi connectivity index (χ4v) is 5.86. The van der Waals surface area contributed by atoms with Gasteiger partial charge in [-0.2, -0.15) is 5.06 Å². The Morgan fingerprint density at radius 2 is 1.76 bits per heavy atom. The predicted molar refractivity (Wildman–Crippen MR) is 116 cm³/mol. The van der Waals surface area contributed by atoms with Gasteiger partial charge in [0.25, 0.3) is 11.8 Å². The maximum atomic E-state index is 13.2. The van der Waals surface area contributed by atoms with Crippen LogP contribution in [-0.2, 0) is 19.2 Å². The first kappa shape index (κ1) is 22.1. The Morgan fingerprint density at radius 1 is 1.03 bits per heavy atom. The Morgan fingerprint density at radius 3 is 2.44 bits per heavy atom. The normalized spacial score (nSPS) is 28.3. The molecule has 1 fully saturated rings. The molecule has 5 rings (SSSR count). The maximum absolute atomic E-state index is 13.2.